The van der Waals surface area contributed by atoms with Gasteiger partial charge in [-0.05, 0) is 12.3 Å². The number of nitrogens with zero attached hydrogens (tertiary/aromatic N) is 2. The van der Waals surface area contributed by atoms with Crippen LogP contribution in [-0.4, -0.2) is 16.1 Å². The summed E-state index contributed by atoms with van der Waals surface area (Å²) in [5.41, 5.74) is 1.09. The van der Waals surface area contributed by atoms with Crippen molar-refractivity contribution in [1.29, 1.82) is 0 Å². The van der Waals surface area contributed by atoms with Crippen LogP contribution in [0.3, 0.4) is 0 Å². The van der Waals surface area contributed by atoms with Crippen LogP contribution in [-0.2, 0) is 0 Å². The fourth-order valence-corrected chi connectivity index (χ4v) is 1.95. The minimum absolute atomic E-state index is 0.103. The Bertz CT molecular complexity index is 534. The lowest BCUT2D eigenvalue weighted by atomic mass is 10.1. The highest BCUT2D eigenvalue weighted by Gasteiger charge is 2.19. The molecule has 1 atom stereocenters. The average Bonchev–Trinajstić information content (AvgIpc) is 2.65. The molecule has 0 fully saturated rings. The van der Waals surface area contributed by atoms with E-state index in [-0.39, 0.29) is 6.17 Å². The number of hydrogen-bond acceptors (Lipinski definition) is 4. The van der Waals surface area contributed by atoms with Crippen molar-refractivity contribution in [3.63, 3.8) is 0 Å². The standard InChI is InChI=1S/C9H7ClN4/c10-8-7-5-1-2-11-9(5)12-3-6(7)13-4-14-8/h1-4,9,11-12H. The normalized spacial score (nSPS) is 21.8. The molecule has 0 radical (unpaired) electrons. The van der Waals surface area contributed by atoms with Gasteiger partial charge in [0.05, 0.1) is 5.35 Å². The Hall–Kier alpha value is -1.55. The average molecular weight is 207 g/mol. The molecule has 14 heavy (non-hydrogen) atoms. The second-order valence-electron chi connectivity index (χ2n) is 3.12. The minimum Gasteiger partial charge on any atom is -0.368 e. The van der Waals surface area contributed by atoms with Gasteiger partial charge in [0.15, 0.2) is 0 Å². The lowest BCUT2D eigenvalue weighted by molar-refractivity contribution is 0.685. The number of halogens is 1. The zero-order valence-corrected chi connectivity index (χ0v) is 7.92. The van der Waals surface area contributed by atoms with E-state index in [4.69, 9.17) is 11.6 Å². The number of rotatable bonds is 0. The summed E-state index contributed by atoms with van der Waals surface area (Å²) in [5.74, 6) is 0. The molecule has 0 aliphatic carbocycles. The summed E-state index contributed by atoms with van der Waals surface area (Å²) in [5, 5.41) is 8.59. The van der Waals surface area contributed by atoms with Crippen LogP contribution >= 0.6 is 11.6 Å². The molecule has 1 unspecified atom stereocenters. The Morgan fingerprint density at radius 2 is 2.21 bits per heavy atom. The molecule has 5 heteroatoms. The van der Waals surface area contributed by atoms with Crippen molar-refractivity contribution in [2.75, 3.05) is 0 Å². The van der Waals surface area contributed by atoms with Gasteiger partial charge in [-0.2, -0.15) is 0 Å². The first-order valence-corrected chi connectivity index (χ1v) is 4.63. The Kier molecular flexibility index (Phi) is 1.52. The highest BCUT2D eigenvalue weighted by atomic mass is 35.5. The number of hydrogen-bond donors (Lipinski definition) is 2. The van der Waals surface area contributed by atoms with Crippen molar-refractivity contribution in [3.8, 4) is 0 Å². The van der Waals surface area contributed by atoms with Gasteiger partial charge in [-0.1, -0.05) is 11.6 Å². The SMILES string of the molecule is Clc1ncnc2c1=C1C=CNC1NC=2. The van der Waals surface area contributed by atoms with E-state index < -0.39 is 0 Å². The molecular weight excluding hydrogens is 200 g/mol. The lowest BCUT2D eigenvalue weighted by Gasteiger charge is -2.17. The smallest absolute Gasteiger partial charge is 0.140 e. The summed E-state index contributed by atoms with van der Waals surface area (Å²) in [6, 6.07) is 0. The maximum absolute atomic E-state index is 6.03. The van der Waals surface area contributed by atoms with Crippen molar-refractivity contribution in [2.24, 2.45) is 0 Å². The predicted octanol–water partition coefficient (Wildman–Crippen LogP) is -0.935. The van der Waals surface area contributed by atoms with Gasteiger partial charge in [-0.15, -0.1) is 0 Å². The van der Waals surface area contributed by atoms with Crippen LogP contribution in [0, 0.1) is 0 Å². The minimum atomic E-state index is 0.103. The highest BCUT2D eigenvalue weighted by Crippen LogP contribution is 2.10. The number of aromatic nitrogens is 2. The predicted molar refractivity (Wildman–Crippen MR) is 53.4 cm³/mol. The monoisotopic (exact) mass is 206 g/mol. The molecule has 0 aromatic carbocycles. The van der Waals surface area contributed by atoms with Gasteiger partial charge >= 0.3 is 0 Å². The highest BCUT2D eigenvalue weighted by molar-refractivity contribution is 6.29. The molecule has 0 bridgehead atoms. The van der Waals surface area contributed by atoms with Crippen LogP contribution in [0.5, 0.6) is 0 Å². The van der Waals surface area contributed by atoms with Crippen LogP contribution in [0.1, 0.15) is 0 Å². The molecule has 4 nitrogen and oxygen atoms in total. The largest absolute Gasteiger partial charge is 0.368 e. The van der Waals surface area contributed by atoms with E-state index in [1.54, 1.807) is 0 Å². The van der Waals surface area contributed by atoms with Crippen LogP contribution in [0.15, 0.2) is 18.6 Å². The molecule has 0 saturated carbocycles. The van der Waals surface area contributed by atoms with E-state index in [9.17, 15) is 0 Å². The zero-order chi connectivity index (χ0) is 9.54. The molecule has 0 spiro atoms. The Morgan fingerprint density at radius 3 is 3.14 bits per heavy atom. The van der Waals surface area contributed by atoms with Gasteiger partial charge in [-0.3, -0.25) is 0 Å². The van der Waals surface area contributed by atoms with E-state index >= 15 is 0 Å². The number of fused-ring (bicyclic) bond motifs is 2. The summed E-state index contributed by atoms with van der Waals surface area (Å²) in [4.78, 5) is 8.12. The van der Waals surface area contributed by atoms with Gasteiger partial charge < -0.3 is 10.6 Å². The van der Waals surface area contributed by atoms with Crippen molar-refractivity contribution in [1.82, 2.24) is 20.6 Å². The Labute approximate surface area is 85.0 Å². The lowest BCUT2D eigenvalue weighted by Crippen LogP contribution is -2.47. The van der Waals surface area contributed by atoms with Gasteiger partial charge in [0.25, 0.3) is 0 Å². The fourth-order valence-electron chi connectivity index (χ4n) is 1.70. The summed E-state index contributed by atoms with van der Waals surface area (Å²) in [7, 11) is 0. The molecule has 2 aliphatic heterocycles. The van der Waals surface area contributed by atoms with Crippen LogP contribution < -0.4 is 21.2 Å². The molecular formula is C9H7ClN4. The fraction of sp³-hybridized carbons (Fsp3) is 0.111. The molecule has 2 N–H and O–H groups in total. The zero-order valence-electron chi connectivity index (χ0n) is 7.16. The second kappa shape index (κ2) is 2.72. The van der Waals surface area contributed by atoms with E-state index in [0.29, 0.717) is 5.15 Å². The van der Waals surface area contributed by atoms with E-state index in [1.807, 2.05) is 18.5 Å². The van der Waals surface area contributed by atoms with Crippen molar-refractivity contribution in [2.45, 2.75) is 6.17 Å². The Morgan fingerprint density at radius 1 is 1.29 bits per heavy atom. The third-order valence-electron chi connectivity index (χ3n) is 2.34. The van der Waals surface area contributed by atoms with Crippen LogP contribution in [0.4, 0.5) is 0 Å². The quantitative estimate of drug-likeness (QED) is 0.539. The van der Waals surface area contributed by atoms with E-state index in [1.165, 1.54) is 6.33 Å². The first-order valence-electron chi connectivity index (χ1n) is 4.26. The summed E-state index contributed by atoms with van der Waals surface area (Å²) in [6.07, 6.45) is 7.28. The van der Waals surface area contributed by atoms with E-state index in [0.717, 1.165) is 16.1 Å². The summed E-state index contributed by atoms with van der Waals surface area (Å²) in [6.45, 7) is 0. The molecule has 70 valence electrons. The van der Waals surface area contributed by atoms with Crippen molar-refractivity contribution in [3.05, 3.63) is 34.3 Å². The third kappa shape index (κ3) is 0.943. The maximum atomic E-state index is 6.03. The summed E-state index contributed by atoms with van der Waals surface area (Å²) < 4.78 is 0. The topological polar surface area (TPSA) is 49.8 Å². The van der Waals surface area contributed by atoms with Crippen LogP contribution in [0.2, 0.25) is 5.15 Å². The molecule has 3 rings (SSSR count). The van der Waals surface area contributed by atoms with E-state index in [2.05, 4.69) is 20.6 Å². The Balaban J connectivity index is 2.49. The van der Waals surface area contributed by atoms with Crippen molar-refractivity contribution < 1.29 is 0 Å². The molecule has 2 aliphatic rings. The van der Waals surface area contributed by atoms with Crippen molar-refractivity contribution >= 4 is 23.4 Å². The maximum Gasteiger partial charge on any atom is 0.140 e. The molecule has 0 saturated heterocycles. The first-order chi connectivity index (χ1) is 6.86. The van der Waals surface area contributed by atoms with Gasteiger partial charge in [0.1, 0.15) is 17.6 Å². The van der Waals surface area contributed by atoms with Gasteiger partial charge in [-0.25, -0.2) is 9.97 Å². The molecule has 1 aromatic rings. The first kappa shape index (κ1) is 7.82. The van der Waals surface area contributed by atoms with Gasteiger partial charge in [0, 0.05) is 17.0 Å². The van der Waals surface area contributed by atoms with Crippen LogP contribution in [0.25, 0.3) is 11.8 Å². The molecule has 3 heterocycles. The second-order valence-corrected chi connectivity index (χ2v) is 3.48. The third-order valence-corrected chi connectivity index (χ3v) is 2.63. The molecule has 1 aromatic heterocycles. The van der Waals surface area contributed by atoms with Gasteiger partial charge in [0.2, 0.25) is 0 Å². The molecule has 0 amide bonds. The number of nitrogens with one attached hydrogen (secondary N) is 2. The summed E-state index contributed by atoms with van der Waals surface area (Å²) >= 11 is 6.03.